The zero-order chi connectivity index (χ0) is 30.5. The van der Waals surface area contributed by atoms with Gasteiger partial charge in [0.05, 0.1) is 17.8 Å². The van der Waals surface area contributed by atoms with Crippen LogP contribution in [0.2, 0.25) is 5.02 Å². The summed E-state index contributed by atoms with van der Waals surface area (Å²) in [6.45, 7) is 8.51. The van der Waals surface area contributed by atoms with Crippen LogP contribution in [0, 0.1) is 0 Å². The Morgan fingerprint density at radius 3 is 2.38 bits per heavy atom. The summed E-state index contributed by atoms with van der Waals surface area (Å²) < 4.78 is 12.1. The van der Waals surface area contributed by atoms with Gasteiger partial charge >= 0.3 is 5.97 Å². The molecular weight excluding hydrogens is 550 g/mol. The van der Waals surface area contributed by atoms with E-state index in [1.54, 1.807) is 26.4 Å². The summed E-state index contributed by atoms with van der Waals surface area (Å²) in [5, 5.41) is 10.4. The second-order valence-electron chi connectivity index (χ2n) is 10.6. The molecule has 0 amide bonds. The van der Waals surface area contributed by atoms with Crippen molar-refractivity contribution in [2.24, 2.45) is 4.99 Å². The van der Waals surface area contributed by atoms with Gasteiger partial charge in [-0.1, -0.05) is 81.6 Å². The van der Waals surface area contributed by atoms with Crippen molar-refractivity contribution in [3.8, 4) is 0 Å². The lowest BCUT2D eigenvalue weighted by atomic mass is 9.86. The van der Waals surface area contributed by atoms with Crippen LogP contribution in [0.25, 0.3) is 5.70 Å². The number of halogens is 1. The highest BCUT2D eigenvalue weighted by Gasteiger charge is 2.32. The van der Waals surface area contributed by atoms with Crippen LogP contribution in [0.5, 0.6) is 0 Å². The number of carboxylic acid groups (broad SMARTS) is 1. The minimum absolute atomic E-state index is 0.137. The van der Waals surface area contributed by atoms with E-state index in [0.717, 1.165) is 74.3 Å². The number of carbonyl (C=O) groups is 1. The number of hydrogen-bond acceptors (Lipinski definition) is 6. The largest absolute Gasteiger partial charge is 0.478 e. The molecule has 0 bridgehead atoms. The molecule has 0 aromatic heterocycles. The number of methoxy groups -OCH3 is 2. The van der Waals surface area contributed by atoms with Crippen LogP contribution in [0.4, 0.5) is 0 Å². The van der Waals surface area contributed by atoms with Crippen molar-refractivity contribution in [2.75, 3.05) is 33.9 Å². The molecule has 0 radical (unpaired) electrons. The second-order valence-corrected chi connectivity index (χ2v) is 11.0. The van der Waals surface area contributed by atoms with E-state index in [-0.39, 0.29) is 18.4 Å². The molecule has 2 atom stereocenters. The maximum Gasteiger partial charge on any atom is 0.335 e. The van der Waals surface area contributed by atoms with Gasteiger partial charge in [0, 0.05) is 45.2 Å². The number of ether oxygens (including phenoxy) is 2. The highest BCUT2D eigenvalue weighted by Crippen LogP contribution is 2.32. The van der Waals surface area contributed by atoms with Gasteiger partial charge in [0.15, 0.2) is 0 Å². The minimum Gasteiger partial charge on any atom is -0.478 e. The van der Waals surface area contributed by atoms with Crippen LogP contribution in [-0.4, -0.2) is 73.0 Å². The molecule has 230 valence electrons. The first-order valence-electron chi connectivity index (χ1n) is 15.4. The fourth-order valence-corrected chi connectivity index (χ4v) is 5.92. The minimum atomic E-state index is -0.860. The van der Waals surface area contributed by atoms with Crippen molar-refractivity contribution in [3.05, 3.63) is 76.3 Å². The smallest absolute Gasteiger partial charge is 0.335 e. The number of aromatic carboxylic acids is 1. The molecule has 42 heavy (non-hydrogen) atoms. The summed E-state index contributed by atoms with van der Waals surface area (Å²) >= 11 is 6.15. The summed E-state index contributed by atoms with van der Waals surface area (Å²) in [5.74, 6) is 0.385. The lowest BCUT2D eigenvalue weighted by molar-refractivity contribution is -0.0804. The fraction of sp³-hybridized carbons (Fsp3) is 0.529. The van der Waals surface area contributed by atoms with Gasteiger partial charge in [-0.25, -0.2) is 9.79 Å². The fourth-order valence-electron chi connectivity index (χ4n) is 5.79. The summed E-state index contributed by atoms with van der Waals surface area (Å²) in [4.78, 5) is 21.6. The third-order valence-corrected chi connectivity index (χ3v) is 8.30. The molecule has 7 nitrogen and oxygen atoms in total. The first-order chi connectivity index (χ1) is 20.4. The summed E-state index contributed by atoms with van der Waals surface area (Å²) in [6.07, 6.45) is 8.56. The molecule has 2 unspecified atom stereocenters. The van der Waals surface area contributed by atoms with Gasteiger partial charge in [-0.05, 0) is 54.5 Å². The number of amidine groups is 1. The summed E-state index contributed by atoms with van der Waals surface area (Å²) in [5.41, 5.74) is 3.33. The van der Waals surface area contributed by atoms with Crippen molar-refractivity contribution in [1.29, 1.82) is 0 Å². The number of piperidine rings is 1. The zero-order valence-electron chi connectivity index (χ0n) is 25.9. The molecule has 0 aliphatic carbocycles. The monoisotopic (exact) mass is 597 g/mol. The van der Waals surface area contributed by atoms with Gasteiger partial charge in [-0.15, -0.1) is 0 Å². The van der Waals surface area contributed by atoms with E-state index < -0.39 is 5.97 Å². The molecular formula is C34H48ClN3O4. The predicted octanol–water partition coefficient (Wildman–Crippen LogP) is 7.91. The Bertz CT molecular complexity index is 1180. The van der Waals surface area contributed by atoms with Crippen molar-refractivity contribution in [1.82, 2.24) is 9.80 Å². The topological polar surface area (TPSA) is 74.6 Å². The third kappa shape index (κ3) is 8.90. The van der Waals surface area contributed by atoms with Crippen LogP contribution in [-0.2, 0) is 9.47 Å². The Morgan fingerprint density at radius 2 is 1.76 bits per heavy atom. The van der Waals surface area contributed by atoms with Gasteiger partial charge < -0.3 is 19.5 Å². The van der Waals surface area contributed by atoms with E-state index >= 15 is 0 Å². The molecule has 1 saturated heterocycles. The average Bonchev–Trinajstić information content (AvgIpc) is 3.20. The Hall–Kier alpha value is -2.71. The van der Waals surface area contributed by atoms with Crippen molar-refractivity contribution in [2.45, 2.75) is 84.1 Å². The maximum absolute atomic E-state index is 11.8. The highest BCUT2D eigenvalue weighted by atomic mass is 35.5. The molecule has 1 fully saturated rings. The number of carboxylic acids is 1. The molecule has 0 spiro atoms. The van der Waals surface area contributed by atoms with E-state index in [0.29, 0.717) is 23.6 Å². The molecule has 4 rings (SSSR count). The molecule has 2 aromatic rings. The number of likely N-dealkylation sites (tertiary alicyclic amines) is 1. The van der Waals surface area contributed by atoms with Crippen LogP contribution < -0.4 is 0 Å². The van der Waals surface area contributed by atoms with Crippen LogP contribution in [0.3, 0.4) is 0 Å². The number of benzene rings is 2. The molecule has 1 N–H and O–H groups in total. The highest BCUT2D eigenvalue weighted by molar-refractivity contribution is 6.30. The quantitative estimate of drug-likeness (QED) is 0.251. The molecule has 8 heteroatoms. The molecule has 0 saturated carbocycles. The van der Waals surface area contributed by atoms with Crippen LogP contribution in [0.1, 0.15) is 93.1 Å². The van der Waals surface area contributed by atoms with E-state index in [2.05, 4.69) is 22.8 Å². The lowest BCUT2D eigenvalue weighted by Gasteiger charge is -2.41. The predicted molar refractivity (Wildman–Crippen MR) is 172 cm³/mol. The molecule has 2 aliphatic heterocycles. The SMILES string of the molecule is CC.CCCCCC1=NC(c2ccc(Cl)cc2)=CCC(OC)N1CC(OC)N1CCC(c2ccccc2C(=O)O)CC1. The Balaban J connectivity index is 0.00000237. The van der Waals surface area contributed by atoms with Gasteiger partial charge in [-0.3, -0.25) is 4.90 Å². The molecule has 2 aromatic carbocycles. The number of rotatable bonds is 12. The maximum atomic E-state index is 11.8. The van der Waals surface area contributed by atoms with Crippen molar-refractivity contribution in [3.63, 3.8) is 0 Å². The first kappa shape index (κ1) is 33.8. The summed E-state index contributed by atoms with van der Waals surface area (Å²) in [6, 6.07) is 15.2. The number of nitrogens with zero attached hydrogens (tertiary/aromatic N) is 3. The van der Waals surface area contributed by atoms with Crippen LogP contribution >= 0.6 is 11.6 Å². The van der Waals surface area contributed by atoms with Crippen LogP contribution in [0.15, 0.2) is 59.6 Å². The lowest BCUT2D eigenvalue weighted by Crippen LogP contribution is -2.52. The van der Waals surface area contributed by atoms with E-state index in [1.165, 1.54) is 0 Å². The molecule has 2 aliphatic rings. The Morgan fingerprint density at radius 1 is 1.07 bits per heavy atom. The Kier molecular flexibility index (Phi) is 14.0. The van der Waals surface area contributed by atoms with Gasteiger partial charge in [0.1, 0.15) is 18.3 Å². The number of hydrogen-bond donors (Lipinski definition) is 1. The zero-order valence-corrected chi connectivity index (χ0v) is 26.6. The van der Waals surface area contributed by atoms with Crippen molar-refractivity contribution >= 4 is 29.1 Å². The first-order valence-corrected chi connectivity index (χ1v) is 15.7. The Labute approximate surface area is 257 Å². The van der Waals surface area contributed by atoms with E-state index in [4.69, 9.17) is 26.1 Å². The summed E-state index contributed by atoms with van der Waals surface area (Å²) in [7, 11) is 3.52. The third-order valence-electron chi connectivity index (χ3n) is 8.05. The standard InChI is InChI=1S/C32H42ClN3O4.C2H6/c1-4-5-6-11-29-34-28(24-12-14-25(33)15-13-24)16-17-30(39-2)36(29)22-31(40-3)35-20-18-23(19-21-35)26-9-7-8-10-27(26)32(37)38;1-2/h7-10,12-16,23,30-31H,4-6,11,17-22H2,1-3H3,(H,37,38);1-2H3. The molecule has 2 heterocycles. The van der Waals surface area contributed by atoms with E-state index in [9.17, 15) is 9.90 Å². The normalized spacial score (nSPS) is 18.8. The van der Waals surface area contributed by atoms with Crippen molar-refractivity contribution < 1.29 is 19.4 Å². The van der Waals surface area contributed by atoms with Gasteiger partial charge in [-0.2, -0.15) is 0 Å². The number of aliphatic imine (C=N–C) groups is 1. The average molecular weight is 598 g/mol. The van der Waals surface area contributed by atoms with Gasteiger partial charge in [0.25, 0.3) is 0 Å². The van der Waals surface area contributed by atoms with Gasteiger partial charge in [0.2, 0.25) is 0 Å². The second kappa shape index (κ2) is 17.4. The number of unbranched alkanes of at least 4 members (excludes halogenated alkanes) is 2. The van der Waals surface area contributed by atoms with E-state index in [1.807, 2.05) is 50.2 Å².